The van der Waals surface area contributed by atoms with Crippen LogP contribution in [0.5, 0.6) is 0 Å². The first-order valence-corrected chi connectivity index (χ1v) is 6.05. The number of hydrogen-bond acceptors (Lipinski definition) is 2. The van der Waals surface area contributed by atoms with E-state index >= 15 is 0 Å². The second-order valence-electron chi connectivity index (χ2n) is 4.24. The number of carbonyl (C=O) groups excluding carboxylic acids is 1. The number of rotatable bonds is 1. The van der Waals surface area contributed by atoms with Crippen LogP contribution < -0.4 is 5.32 Å². The van der Waals surface area contributed by atoms with Crippen molar-refractivity contribution in [3.8, 4) is 6.07 Å². The van der Waals surface area contributed by atoms with Gasteiger partial charge in [0, 0.05) is 10.9 Å². The molecule has 4 nitrogen and oxygen atoms in total. The lowest BCUT2D eigenvalue weighted by Gasteiger charge is -2.16. The molecule has 0 saturated carbocycles. The second kappa shape index (κ2) is 4.38. The van der Waals surface area contributed by atoms with Crippen molar-refractivity contribution in [3.63, 3.8) is 0 Å². The smallest absolute Gasteiger partial charge is 0.304 e. The molecule has 0 radical (unpaired) electrons. The third-order valence-electron chi connectivity index (χ3n) is 3.03. The van der Waals surface area contributed by atoms with Gasteiger partial charge in [-0.2, -0.15) is 10.3 Å². The SMILES string of the molecule is N#Cc1ccc(Cl)c(C2C=CC3=NC(=O)NC3=C2)c1. The molecule has 0 bridgehead atoms. The van der Waals surface area contributed by atoms with E-state index in [9.17, 15) is 4.79 Å². The molecule has 1 aromatic rings. The standard InChI is InChI=1S/C14H8ClN3O/c15-11-3-1-8(7-16)5-10(11)9-2-4-12-13(6-9)18-14(19)17-12/h1-6,9H,(H,18,19). The molecule has 1 atom stereocenters. The van der Waals surface area contributed by atoms with Crippen molar-refractivity contribution in [2.75, 3.05) is 0 Å². The van der Waals surface area contributed by atoms with E-state index in [0.717, 1.165) is 5.56 Å². The summed E-state index contributed by atoms with van der Waals surface area (Å²) in [4.78, 5) is 15.0. The summed E-state index contributed by atoms with van der Waals surface area (Å²) in [5, 5.41) is 12.2. The summed E-state index contributed by atoms with van der Waals surface area (Å²) in [5.74, 6) is -0.0758. The second-order valence-corrected chi connectivity index (χ2v) is 4.65. The van der Waals surface area contributed by atoms with E-state index in [-0.39, 0.29) is 11.9 Å². The largest absolute Gasteiger partial charge is 0.346 e. The molecule has 0 aromatic heterocycles. The molecule has 2 aliphatic rings. The molecule has 1 aliphatic heterocycles. The maximum absolute atomic E-state index is 11.2. The van der Waals surface area contributed by atoms with E-state index < -0.39 is 0 Å². The van der Waals surface area contributed by atoms with Crippen LogP contribution in [0.2, 0.25) is 5.02 Å². The van der Waals surface area contributed by atoms with E-state index in [4.69, 9.17) is 16.9 Å². The molecule has 3 rings (SSSR count). The zero-order valence-electron chi connectivity index (χ0n) is 9.72. The lowest BCUT2D eigenvalue weighted by atomic mass is 9.92. The van der Waals surface area contributed by atoms with Crippen molar-refractivity contribution in [1.29, 1.82) is 5.26 Å². The summed E-state index contributed by atoms with van der Waals surface area (Å²) in [7, 11) is 0. The van der Waals surface area contributed by atoms with Gasteiger partial charge in [0.15, 0.2) is 0 Å². The Morgan fingerprint density at radius 1 is 1.42 bits per heavy atom. The lowest BCUT2D eigenvalue weighted by molar-refractivity contribution is 0.253. The fraction of sp³-hybridized carbons (Fsp3) is 0.0714. The molecule has 0 saturated heterocycles. The Morgan fingerprint density at radius 2 is 2.26 bits per heavy atom. The van der Waals surface area contributed by atoms with Crippen molar-refractivity contribution in [1.82, 2.24) is 5.32 Å². The van der Waals surface area contributed by atoms with E-state index in [2.05, 4.69) is 16.4 Å². The quantitative estimate of drug-likeness (QED) is 0.852. The highest BCUT2D eigenvalue weighted by Crippen LogP contribution is 2.31. The van der Waals surface area contributed by atoms with E-state index in [1.54, 1.807) is 24.3 Å². The number of carbonyl (C=O) groups is 1. The molecule has 1 aromatic carbocycles. The van der Waals surface area contributed by atoms with Crippen LogP contribution in [0.3, 0.4) is 0 Å². The minimum atomic E-state index is -0.358. The van der Waals surface area contributed by atoms with Crippen LogP contribution in [0.4, 0.5) is 4.79 Å². The van der Waals surface area contributed by atoms with Gasteiger partial charge in [0.05, 0.1) is 23.0 Å². The number of hydrogen-bond donors (Lipinski definition) is 1. The predicted molar refractivity (Wildman–Crippen MR) is 72.1 cm³/mol. The minimum absolute atomic E-state index is 0.0758. The normalized spacial score (nSPS) is 20.2. The van der Waals surface area contributed by atoms with Crippen molar-refractivity contribution in [2.24, 2.45) is 4.99 Å². The Hall–Kier alpha value is -2.38. The van der Waals surface area contributed by atoms with Gasteiger partial charge in [-0.25, -0.2) is 4.79 Å². The molecule has 1 heterocycles. The van der Waals surface area contributed by atoms with Gasteiger partial charge in [-0.1, -0.05) is 17.7 Å². The van der Waals surface area contributed by atoms with Gasteiger partial charge in [0.2, 0.25) is 0 Å². The summed E-state index contributed by atoms with van der Waals surface area (Å²) in [6.07, 6.45) is 5.57. The van der Waals surface area contributed by atoms with Crippen molar-refractivity contribution in [2.45, 2.75) is 5.92 Å². The van der Waals surface area contributed by atoms with Gasteiger partial charge >= 0.3 is 6.03 Å². The van der Waals surface area contributed by atoms with Crippen LogP contribution in [0.15, 0.2) is 47.1 Å². The highest BCUT2D eigenvalue weighted by molar-refractivity contribution is 6.31. The predicted octanol–water partition coefficient (Wildman–Crippen LogP) is 2.91. The number of amides is 2. The molecule has 5 heteroatoms. The number of nitrogens with one attached hydrogen (secondary N) is 1. The Labute approximate surface area is 114 Å². The van der Waals surface area contributed by atoms with E-state index in [1.807, 2.05) is 12.2 Å². The number of benzene rings is 1. The highest BCUT2D eigenvalue weighted by Gasteiger charge is 2.23. The Kier molecular flexibility index (Phi) is 2.69. The molecule has 19 heavy (non-hydrogen) atoms. The minimum Gasteiger partial charge on any atom is -0.304 e. The number of halogens is 1. The first-order valence-electron chi connectivity index (χ1n) is 5.67. The average molecular weight is 270 g/mol. The van der Waals surface area contributed by atoms with Gasteiger partial charge in [-0.3, -0.25) is 0 Å². The molecule has 1 aliphatic carbocycles. The van der Waals surface area contributed by atoms with Crippen LogP contribution in [-0.2, 0) is 0 Å². The maximum atomic E-state index is 11.2. The van der Waals surface area contributed by atoms with Crippen molar-refractivity contribution in [3.05, 3.63) is 58.3 Å². The van der Waals surface area contributed by atoms with Crippen LogP contribution in [0, 0.1) is 11.3 Å². The summed E-state index contributed by atoms with van der Waals surface area (Å²) >= 11 is 6.17. The number of aliphatic imine (C=N–C) groups is 1. The first kappa shape index (κ1) is 11.7. The van der Waals surface area contributed by atoms with E-state index in [0.29, 0.717) is 22.0 Å². The number of urea groups is 1. The molecule has 2 amide bonds. The Balaban J connectivity index is 2.02. The molecule has 0 spiro atoms. The molecule has 92 valence electrons. The lowest BCUT2D eigenvalue weighted by Crippen LogP contribution is -2.17. The number of nitrogens with zero attached hydrogens (tertiary/aromatic N) is 2. The van der Waals surface area contributed by atoms with Crippen LogP contribution in [0.1, 0.15) is 17.0 Å². The average Bonchev–Trinajstić information content (AvgIpc) is 2.78. The first-order chi connectivity index (χ1) is 9.17. The summed E-state index contributed by atoms with van der Waals surface area (Å²) in [6.45, 7) is 0. The Morgan fingerprint density at radius 3 is 3.05 bits per heavy atom. The highest BCUT2D eigenvalue weighted by atomic mass is 35.5. The third kappa shape index (κ3) is 2.05. The molecular formula is C14H8ClN3O. The van der Waals surface area contributed by atoms with E-state index in [1.165, 1.54) is 0 Å². The number of nitriles is 1. The molecular weight excluding hydrogens is 262 g/mol. The van der Waals surface area contributed by atoms with Crippen LogP contribution in [0.25, 0.3) is 0 Å². The molecule has 0 fully saturated rings. The number of fused-ring (bicyclic) bond motifs is 1. The van der Waals surface area contributed by atoms with Crippen LogP contribution >= 0.6 is 11.6 Å². The van der Waals surface area contributed by atoms with Gasteiger partial charge in [0.1, 0.15) is 0 Å². The maximum Gasteiger partial charge on any atom is 0.346 e. The fourth-order valence-electron chi connectivity index (χ4n) is 2.12. The summed E-state index contributed by atoms with van der Waals surface area (Å²) in [6, 6.07) is 6.87. The van der Waals surface area contributed by atoms with Gasteiger partial charge in [-0.05, 0) is 35.9 Å². The van der Waals surface area contributed by atoms with Gasteiger partial charge in [-0.15, -0.1) is 0 Å². The molecule has 1 unspecified atom stereocenters. The molecule has 1 N–H and O–H groups in total. The van der Waals surface area contributed by atoms with Gasteiger partial charge < -0.3 is 5.32 Å². The van der Waals surface area contributed by atoms with Crippen molar-refractivity contribution < 1.29 is 4.79 Å². The van der Waals surface area contributed by atoms with Crippen LogP contribution in [-0.4, -0.2) is 11.7 Å². The zero-order chi connectivity index (χ0) is 13.4. The van der Waals surface area contributed by atoms with Gasteiger partial charge in [0.25, 0.3) is 0 Å². The van der Waals surface area contributed by atoms with Crippen molar-refractivity contribution >= 4 is 23.3 Å². The summed E-state index contributed by atoms with van der Waals surface area (Å²) < 4.78 is 0. The number of allylic oxidation sites excluding steroid dienone is 3. The zero-order valence-corrected chi connectivity index (χ0v) is 10.5. The third-order valence-corrected chi connectivity index (χ3v) is 3.38. The topological polar surface area (TPSA) is 65.2 Å². The summed E-state index contributed by atoms with van der Waals surface area (Å²) in [5.41, 5.74) is 2.72. The Bertz CT molecular complexity index is 710. The monoisotopic (exact) mass is 269 g/mol. The fourth-order valence-corrected chi connectivity index (χ4v) is 2.37.